The molecular weight excluding hydrogens is 532 g/mol. The molecule has 1 heterocycles. The zero-order valence-electron chi connectivity index (χ0n) is 21.3. The Morgan fingerprint density at radius 3 is 2.36 bits per heavy atom. The SMILES string of the molecule is CC1CC(n2c(Nc3ccc(OC(F)(F)F)cc3)nc3cc(C(=O)O)c(OCC(F)(F)F)cc32)CC(C)(C)C1. The number of anilines is 2. The number of imidazole rings is 1. The first-order valence-electron chi connectivity index (χ1n) is 12.1. The molecule has 39 heavy (non-hydrogen) atoms. The highest BCUT2D eigenvalue weighted by Crippen LogP contribution is 2.46. The molecular formula is C26H27F6N3O4. The minimum atomic E-state index is -4.85. The van der Waals surface area contributed by atoms with Gasteiger partial charge >= 0.3 is 18.5 Å². The van der Waals surface area contributed by atoms with Gasteiger partial charge in [0.15, 0.2) is 6.61 Å². The van der Waals surface area contributed by atoms with Crippen LogP contribution in [0.3, 0.4) is 0 Å². The van der Waals surface area contributed by atoms with E-state index in [2.05, 4.69) is 35.8 Å². The fourth-order valence-corrected chi connectivity index (χ4v) is 5.39. The summed E-state index contributed by atoms with van der Waals surface area (Å²) in [6.07, 6.45) is -7.14. The van der Waals surface area contributed by atoms with Crippen LogP contribution in [0.1, 0.15) is 56.4 Å². The van der Waals surface area contributed by atoms with E-state index in [9.17, 15) is 36.2 Å². The Morgan fingerprint density at radius 2 is 1.79 bits per heavy atom. The quantitative estimate of drug-likeness (QED) is 0.289. The van der Waals surface area contributed by atoms with E-state index in [4.69, 9.17) is 4.74 Å². The summed E-state index contributed by atoms with van der Waals surface area (Å²) in [4.78, 5) is 16.4. The molecule has 2 aromatic carbocycles. The lowest BCUT2D eigenvalue weighted by Gasteiger charge is -2.40. The predicted octanol–water partition coefficient (Wildman–Crippen LogP) is 7.71. The third-order valence-electron chi connectivity index (χ3n) is 6.49. The van der Waals surface area contributed by atoms with Gasteiger partial charge in [-0.15, -0.1) is 13.2 Å². The maximum atomic E-state index is 12.9. The van der Waals surface area contributed by atoms with E-state index >= 15 is 0 Å². The number of fused-ring (bicyclic) bond motifs is 1. The van der Waals surface area contributed by atoms with E-state index in [0.29, 0.717) is 23.5 Å². The summed E-state index contributed by atoms with van der Waals surface area (Å²) in [7, 11) is 0. The van der Waals surface area contributed by atoms with Gasteiger partial charge in [-0.2, -0.15) is 13.2 Å². The van der Waals surface area contributed by atoms with Crippen molar-refractivity contribution < 1.29 is 45.7 Å². The van der Waals surface area contributed by atoms with Crippen LogP contribution in [0.5, 0.6) is 11.5 Å². The number of hydrogen-bond acceptors (Lipinski definition) is 5. The van der Waals surface area contributed by atoms with Crippen molar-refractivity contribution in [2.24, 2.45) is 11.3 Å². The molecule has 0 bridgehead atoms. The first-order chi connectivity index (χ1) is 18.0. The van der Waals surface area contributed by atoms with E-state index in [1.165, 1.54) is 18.2 Å². The van der Waals surface area contributed by atoms with Crippen LogP contribution in [0, 0.1) is 11.3 Å². The standard InChI is InChI=1S/C26H27F6N3O4/c1-14-8-16(12-24(2,3)11-14)35-20-10-21(38-13-25(27,28)29)18(22(36)37)9-19(20)34-23(35)33-15-4-6-17(7-5-15)39-26(30,31)32/h4-7,9-10,14,16H,8,11-13H2,1-3H3,(H,33,34)(H,36,37). The largest absolute Gasteiger partial charge is 0.573 e. The monoisotopic (exact) mass is 559 g/mol. The van der Waals surface area contributed by atoms with E-state index in [1.54, 1.807) is 4.57 Å². The molecule has 0 saturated heterocycles. The molecule has 4 rings (SSSR count). The number of rotatable bonds is 7. The molecule has 0 aliphatic heterocycles. The normalized spacial score (nSPS) is 19.6. The second kappa shape index (κ2) is 10.2. The number of halogens is 6. The first kappa shape index (κ1) is 28.4. The first-order valence-corrected chi connectivity index (χ1v) is 12.1. The minimum Gasteiger partial charge on any atom is -0.483 e. The number of aromatic nitrogens is 2. The topological polar surface area (TPSA) is 85.6 Å². The van der Waals surface area contributed by atoms with Crippen LogP contribution in [0.4, 0.5) is 38.0 Å². The third-order valence-corrected chi connectivity index (χ3v) is 6.49. The molecule has 2 atom stereocenters. The van der Waals surface area contributed by atoms with Crippen LogP contribution < -0.4 is 14.8 Å². The van der Waals surface area contributed by atoms with Gasteiger partial charge < -0.3 is 24.5 Å². The van der Waals surface area contributed by atoms with E-state index < -0.39 is 42.2 Å². The molecule has 1 saturated carbocycles. The van der Waals surface area contributed by atoms with Crippen molar-refractivity contribution >= 4 is 28.6 Å². The number of carboxylic acids is 1. The number of benzene rings is 2. The maximum Gasteiger partial charge on any atom is 0.573 e. The zero-order chi connectivity index (χ0) is 28.8. The van der Waals surface area contributed by atoms with Gasteiger partial charge in [0.1, 0.15) is 17.1 Å². The number of carboxylic acid groups (broad SMARTS) is 1. The molecule has 1 fully saturated rings. The van der Waals surface area contributed by atoms with Crippen molar-refractivity contribution in [3.63, 3.8) is 0 Å². The number of nitrogens with zero attached hydrogens (tertiary/aromatic N) is 2. The van der Waals surface area contributed by atoms with Gasteiger partial charge in [-0.05, 0) is 60.9 Å². The van der Waals surface area contributed by atoms with Gasteiger partial charge in [0.2, 0.25) is 5.95 Å². The van der Waals surface area contributed by atoms with Gasteiger partial charge in [-0.1, -0.05) is 20.8 Å². The molecule has 13 heteroatoms. The molecule has 3 aromatic rings. The van der Waals surface area contributed by atoms with Crippen LogP contribution in [-0.2, 0) is 0 Å². The summed E-state index contributed by atoms with van der Waals surface area (Å²) >= 11 is 0. The number of hydrogen-bond donors (Lipinski definition) is 2. The average molecular weight is 560 g/mol. The fraction of sp³-hybridized carbons (Fsp3) is 0.462. The van der Waals surface area contributed by atoms with Crippen molar-refractivity contribution in [1.82, 2.24) is 9.55 Å². The van der Waals surface area contributed by atoms with Crippen LogP contribution in [0.2, 0.25) is 0 Å². The molecule has 212 valence electrons. The highest BCUT2D eigenvalue weighted by atomic mass is 19.4. The number of ether oxygens (including phenoxy) is 2. The van der Waals surface area contributed by atoms with Gasteiger partial charge in [-0.25, -0.2) is 9.78 Å². The van der Waals surface area contributed by atoms with Crippen LogP contribution in [-0.4, -0.2) is 39.8 Å². The summed E-state index contributed by atoms with van der Waals surface area (Å²) < 4.78 is 86.8. The van der Waals surface area contributed by atoms with E-state index in [0.717, 1.165) is 31.0 Å². The van der Waals surface area contributed by atoms with Gasteiger partial charge in [0, 0.05) is 17.8 Å². The maximum absolute atomic E-state index is 12.9. The predicted molar refractivity (Wildman–Crippen MR) is 130 cm³/mol. The van der Waals surface area contributed by atoms with Crippen LogP contribution in [0.25, 0.3) is 11.0 Å². The smallest absolute Gasteiger partial charge is 0.483 e. The van der Waals surface area contributed by atoms with E-state index in [1.807, 2.05) is 0 Å². The number of carbonyl (C=O) groups is 1. The number of nitrogens with one attached hydrogen (secondary N) is 1. The average Bonchev–Trinajstić information content (AvgIpc) is 3.12. The lowest BCUT2D eigenvalue weighted by Crippen LogP contribution is -2.29. The summed E-state index contributed by atoms with van der Waals surface area (Å²) in [5, 5.41) is 12.7. The molecule has 1 aliphatic carbocycles. The minimum absolute atomic E-state index is 0.0661. The van der Waals surface area contributed by atoms with Gasteiger partial charge in [-0.3, -0.25) is 0 Å². The van der Waals surface area contributed by atoms with Crippen molar-refractivity contribution in [2.75, 3.05) is 11.9 Å². The molecule has 2 N–H and O–H groups in total. The van der Waals surface area contributed by atoms with Crippen molar-refractivity contribution in [1.29, 1.82) is 0 Å². The molecule has 7 nitrogen and oxygen atoms in total. The molecule has 1 aliphatic rings. The summed E-state index contributed by atoms with van der Waals surface area (Å²) in [6, 6.07) is 7.21. The number of alkyl halides is 6. The van der Waals surface area contributed by atoms with Crippen LogP contribution in [0.15, 0.2) is 36.4 Å². The Balaban J connectivity index is 1.81. The Morgan fingerprint density at radius 1 is 1.13 bits per heavy atom. The molecule has 2 unspecified atom stereocenters. The third kappa shape index (κ3) is 7.07. The van der Waals surface area contributed by atoms with E-state index in [-0.39, 0.29) is 22.9 Å². The fourth-order valence-electron chi connectivity index (χ4n) is 5.39. The highest BCUT2D eigenvalue weighted by Gasteiger charge is 2.36. The Kier molecular flexibility index (Phi) is 7.39. The Bertz CT molecular complexity index is 1350. The molecule has 0 amide bonds. The van der Waals surface area contributed by atoms with Crippen molar-refractivity contribution in [2.45, 2.75) is 58.6 Å². The number of aromatic carboxylic acids is 1. The lowest BCUT2D eigenvalue weighted by molar-refractivity contribution is -0.274. The molecule has 0 spiro atoms. The summed E-state index contributed by atoms with van der Waals surface area (Å²) in [5.74, 6) is -1.78. The summed E-state index contributed by atoms with van der Waals surface area (Å²) in [5.41, 5.74) is 0.405. The molecule has 1 aromatic heterocycles. The summed E-state index contributed by atoms with van der Waals surface area (Å²) in [6.45, 7) is 4.65. The molecule has 0 radical (unpaired) electrons. The zero-order valence-corrected chi connectivity index (χ0v) is 21.3. The lowest BCUT2D eigenvalue weighted by atomic mass is 9.70. The second-order valence-electron chi connectivity index (χ2n) is 10.6. The van der Waals surface area contributed by atoms with Crippen molar-refractivity contribution in [3.8, 4) is 11.5 Å². The Labute approximate surface area is 219 Å². The Hall–Kier alpha value is -3.64. The van der Waals surface area contributed by atoms with Gasteiger partial charge in [0.25, 0.3) is 0 Å². The highest BCUT2D eigenvalue weighted by molar-refractivity contribution is 5.96. The second-order valence-corrected chi connectivity index (χ2v) is 10.6. The van der Waals surface area contributed by atoms with Crippen molar-refractivity contribution in [3.05, 3.63) is 42.0 Å². The van der Waals surface area contributed by atoms with Crippen LogP contribution >= 0.6 is 0 Å². The van der Waals surface area contributed by atoms with Gasteiger partial charge in [0.05, 0.1) is 11.0 Å².